The van der Waals surface area contributed by atoms with Gasteiger partial charge in [-0.3, -0.25) is 9.59 Å². The number of ether oxygens (including phenoxy) is 2. The summed E-state index contributed by atoms with van der Waals surface area (Å²) in [5, 5.41) is 15.6. The number of benzene rings is 3. The Morgan fingerprint density at radius 1 is 0.816 bits per heavy atom. The number of nitrogens with one attached hydrogen (secondary N) is 2. The van der Waals surface area contributed by atoms with Crippen molar-refractivity contribution in [3.63, 3.8) is 0 Å². The zero-order valence-electron chi connectivity index (χ0n) is 21.4. The van der Waals surface area contributed by atoms with Gasteiger partial charge in [-0.1, -0.05) is 18.2 Å². The summed E-state index contributed by atoms with van der Waals surface area (Å²) in [4.78, 5) is 28.0. The van der Waals surface area contributed by atoms with Crippen LogP contribution in [0.25, 0.3) is 10.9 Å². The van der Waals surface area contributed by atoms with E-state index in [9.17, 15) is 9.59 Å². The second-order valence-electron chi connectivity index (χ2n) is 9.02. The average molecular weight is 512 g/mol. The molecule has 1 saturated heterocycles. The van der Waals surface area contributed by atoms with Crippen molar-refractivity contribution in [3.05, 3.63) is 78.0 Å². The molecule has 0 unspecified atom stereocenters. The van der Waals surface area contributed by atoms with E-state index in [4.69, 9.17) is 9.47 Å². The fourth-order valence-corrected chi connectivity index (χ4v) is 4.53. The Kier molecular flexibility index (Phi) is 7.35. The number of aromatic nitrogens is 2. The van der Waals surface area contributed by atoms with Crippen molar-refractivity contribution in [1.82, 2.24) is 15.1 Å². The number of anilines is 3. The van der Waals surface area contributed by atoms with Gasteiger partial charge in [-0.05, 0) is 61.7 Å². The fraction of sp³-hybridized carbons (Fsp3) is 0.241. The third-order valence-electron chi connectivity index (χ3n) is 6.56. The molecule has 38 heavy (non-hydrogen) atoms. The summed E-state index contributed by atoms with van der Waals surface area (Å²) in [6.07, 6.45) is 3.04. The van der Waals surface area contributed by atoms with Gasteiger partial charge < -0.3 is 25.0 Å². The molecule has 2 N–H and O–H groups in total. The number of para-hydroxylation sites is 1. The van der Waals surface area contributed by atoms with Gasteiger partial charge in [0.25, 0.3) is 11.8 Å². The van der Waals surface area contributed by atoms with E-state index in [2.05, 4.69) is 20.8 Å². The van der Waals surface area contributed by atoms with Crippen molar-refractivity contribution in [1.29, 1.82) is 0 Å². The van der Waals surface area contributed by atoms with Crippen molar-refractivity contribution < 1.29 is 19.1 Å². The highest BCUT2D eigenvalue weighted by Gasteiger charge is 2.25. The molecule has 9 heteroatoms. The topological polar surface area (TPSA) is 106 Å². The lowest BCUT2D eigenvalue weighted by Crippen LogP contribution is -2.36. The van der Waals surface area contributed by atoms with Gasteiger partial charge in [-0.25, -0.2) is 0 Å². The predicted octanol–water partition coefficient (Wildman–Crippen LogP) is 5.27. The van der Waals surface area contributed by atoms with Gasteiger partial charge in [0, 0.05) is 41.5 Å². The Morgan fingerprint density at radius 3 is 2.18 bits per heavy atom. The van der Waals surface area contributed by atoms with Gasteiger partial charge in [0.15, 0.2) is 17.2 Å². The molecule has 2 heterocycles. The van der Waals surface area contributed by atoms with E-state index in [0.29, 0.717) is 52.4 Å². The van der Waals surface area contributed by atoms with Gasteiger partial charge in [0.05, 0.1) is 25.4 Å². The van der Waals surface area contributed by atoms with Crippen LogP contribution in [-0.2, 0) is 0 Å². The SMILES string of the molecule is COc1cc2nnc(C(=O)N3CCCCC3)c(Nc3ccc(C(=O)Nc4ccccc4)cc3)c2cc1OC. The smallest absolute Gasteiger partial charge is 0.276 e. The Labute approximate surface area is 220 Å². The maximum atomic E-state index is 13.5. The van der Waals surface area contributed by atoms with Crippen LogP contribution < -0.4 is 20.1 Å². The van der Waals surface area contributed by atoms with Gasteiger partial charge in [0.2, 0.25) is 0 Å². The van der Waals surface area contributed by atoms with Crippen molar-refractivity contribution in [2.45, 2.75) is 19.3 Å². The highest BCUT2D eigenvalue weighted by atomic mass is 16.5. The molecule has 3 aromatic carbocycles. The minimum absolute atomic E-state index is 0.171. The van der Waals surface area contributed by atoms with Gasteiger partial charge in [-0.2, -0.15) is 0 Å². The van der Waals surface area contributed by atoms with E-state index >= 15 is 0 Å². The zero-order chi connectivity index (χ0) is 26.5. The fourth-order valence-electron chi connectivity index (χ4n) is 4.53. The average Bonchev–Trinajstić information content (AvgIpc) is 2.97. The number of methoxy groups -OCH3 is 2. The molecule has 0 saturated carbocycles. The first kappa shape index (κ1) is 25.0. The molecule has 1 aliphatic heterocycles. The lowest BCUT2D eigenvalue weighted by atomic mass is 10.1. The first-order chi connectivity index (χ1) is 18.6. The van der Waals surface area contributed by atoms with Crippen LogP contribution in [-0.4, -0.2) is 54.2 Å². The van der Waals surface area contributed by atoms with Gasteiger partial charge in [-0.15, -0.1) is 10.2 Å². The molecule has 0 aliphatic carbocycles. The lowest BCUT2D eigenvalue weighted by molar-refractivity contribution is 0.0718. The van der Waals surface area contributed by atoms with Crippen LogP contribution in [0.4, 0.5) is 17.1 Å². The molecule has 2 amide bonds. The number of fused-ring (bicyclic) bond motifs is 1. The summed E-state index contributed by atoms with van der Waals surface area (Å²) in [5.41, 5.74) is 3.23. The summed E-state index contributed by atoms with van der Waals surface area (Å²) in [7, 11) is 3.12. The summed E-state index contributed by atoms with van der Waals surface area (Å²) in [6, 6.07) is 19.9. The highest BCUT2D eigenvalue weighted by Crippen LogP contribution is 2.37. The number of hydrogen-bond donors (Lipinski definition) is 2. The number of nitrogens with zero attached hydrogens (tertiary/aromatic N) is 3. The van der Waals surface area contributed by atoms with Crippen molar-refractivity contribution in [3.8, 4) is 11.5 Å². The van der Waals surface area contributed by atoms with Gasteiger partial charge in [0.1, 0.15) is 0 Å². The molecular weight excluding hydrogens is 482 g/mol. The van der Waals surface area contributed by atoms with Crippen molar-refractivity contribution in [2.75, 3.05) is 37.9 Å². The van der Waals surface area contributed by atoms with Crippen molar-refractivity contribution >= 4 is 39.8 Å². The third kappa shape index (κ3) is 5.22. The minimum atomic E-state index is -0.212. The van der Waals surface area contributed by atoms with E-state index in [0.717, 1.165) is 24.9 Å². The van der Waals surface area contributed by atoms with Crippen molar-refractivity contribution in [2.24, 2.45) is 0 Å². The highest BCUT2D eigenvalue weighted by molar-refractivity contribution is 6.07. The molecular formula is C29H29N5O4. The molecule has 0 radical (unpaired) electrons. The standard InChI is InChI=1S/C29H29N5O4/c1-37-24-17-22-23(18-25(24)38-2)32-33-27(29(36)34-15-7-4-8-16-34)26(22)30-21-13-11-19(12-14-21)28(35)31-20-9-5-3-6-10-20/h3,5-6,9-14,17-18H,4,7-8,15-16H2,1-2H3,(H,30,32)(H,31,35). The van der Waals surface area contributed by atoms with Crippen LogP contribution in [0.3, 0.4) is 0 Å². The van der Waals surface area contributed by atoms with Crippen LogP contribution >= 0.6 is 0 Å². The Hall–Kier alpha value is -4.66. The van der Waals surface area contributed by atoms with Crippen LogP contribution in [0.1, 0.15) is 40.1 Å². The number of carbonyl (C=O) groups excluding carboxylic acids is 2. The van der Waals surface area contributed by atoms with Crippen LogP contribution in [0, 0.1) is 0 Å². The number of amides is 2. The maximum Gasteiger partial charge on any atom is 0.276 e. The van der Waals surface area contributed by atoms with E-state index < -0.39 is 0 Å². The van der Waals surface area contributed by atoms with Crippen LogP contribution in [0.5, 0.6) is 11.5 Å². The van der Waals surface area contributed by atoms with Gasteiger partial charge >= 0.3 is 0 Å². The van der Waals surface area contributed by atoms with Crippen LogP contribution in [0.15, 0.2) is 66.7 Å². The molecule has 9 nitrogen and oxygen atoms in total. The molecule has 0 bridgehead atoms. The molecule has 0 atom stereocenters. The zero-order valence-corrected chi connectivity index (χ0v) is 21.4. The quantitative estimate of drug-likeness (QED) is 0.348. The molecule has 5 rings (SSSR count). The van der Waals surface area contributed by atoms with Crippen LogP contribution in [0.2, 0.25) is 0 Å². The first-order valence-corrected chi connectivity index (χ1v) is 12.5. The van der Waals surface area contributed by atoms with E-state index in [-0.39, 0.29) is 17.5 Å². The largest absolute Gasteiger partial charge is 0.493 e. The molecule has 1 aliphatic rings. The Balaban J connectivity index is 1.50. The molecule has 1 fully saturated rings. The summed E-state index contributed by atoms with van der Waals surface area (Å²) in [5.74, 6) is 0.649. The number of rotatable bonds is 7. The number of likely N-dealkylation sites (tertiary alicyclic amines) is 1. The number of piperidine rings is 1. The summed E-state index contributed by atoms with van der Waals surface area (Å²) >= 11 is 0. The third-order valence-corrected chi connectivity index (χ3v) is 6.56. The summed E-state index contributed by atoms with van der Waals surface area (Å²) in [6.45, 7) is 1.38. The first-order valence-electron chi connectivity index (χ1n) is 12.5. The predicted molar refractivity (Wildman–Crippen MR) is 147 cm³/mol. The molecule has 194 valence electrons. The molecule has 4 aromatic rings. The normalized spacial score (nSPS) is 13.2. The Morgan fingerprint density at radius 2 is 1.50 bits per heavy atom. The monoisotopic (exact) mass is 511 g/mol. The number of carbonyl (C=O) groups is 2. The lowest BCUT2D eigenvalue weighted by Gasteiger charge is -2.27. The summed E-state index contributed by atoms with van der Waals surface area (Å²) < 4.78 is 10.9. The second-order valence-corrected chi connectivity index (χ2v) is 9.02. The second kappa shape index (κ2) is 11.2. The molecule has 0 spiro atoms. The van der Waals surface area contributed by atoms with E-state index in [1.165, 1.54) is 0 Å². The minimum Gasteiger partial charge on any atom is -0.493 e. The maximum absolute atomic E-state index is 13.5. The Bertz CT molecular complexity index is 1450. The number of hydrogen-bond acceptors (Lipinski definition) is 7. The molecule has 1 aromatic heterocycles. The van der Waals surface area contributed by atoms with E-state index in [1.54, 1.807) is 50.6 Å². The van der Waals surface area contributed by atoms with E-state index in [1.807, 2.05) is 35.2 Å².